The quantitative estimate of drug-likeness (QED) is 0.788. The molecule has 1 aliphatic carbocycles. The molecule has 1 aromatic carbocycles. The Kier molecular flexibility index (Phi) is 4.76. The number of nitrogens with one attached hydrogen (secondary N) is 1. The molecule has 5 nitrogen and oxygen atoms in total. The van der Waals surface area contributed by atoms with Crippen LogP contribution in [0.3, 0.4) is 0 Å². The van der Waals surface area contributed by atoms with Crippen molar-refractivity contribution in [3.63, 3.8) is 0 Å². The SMILES string of the molecule is O=C(CCc1ccccc1C(=O)O)NC[C@@H]1C=C[C@H]2C[C@@H]1CO2. The van der Waals surface area contributed by atoms with Crippen LogP contribution in [0.2, 0.25) is 0 Å². The highest BCUT2D eigenvalue weighted by atomic mass is 16.5. The number of fused-ring (bicyclic) bond motifs is 2. The summed E-state index contributed by atoms with van der Waals surface area (Å²) in [5, 5.41) is 12.1. The Morgan fingerprint density at radius 3 is 2.91 bits per heavy atom. The predicted molar refractivity (Wildman–Crippen MR) is 85.2 cm³/mol. The number of benzene rings is 1. The third kappa shape index (κ3) is 3.79. The Hall–Kier alpha value is -2.14. The predicted octanol–water partition coefficient (Wildman–Crippen LogP) is 2.02. The van der Waals surface area contributed by atoms with Crippen molar-refractivity contribution in [1.82, 2.24) is 5.32 Å². The van der Waals surface area contributed by atoms with E-state index in [4.69, 9.17) is 9.84 Å². The maximum absolute atomic E-state index is 12.0. The number of aryl methyl sites for hydroxylation is 1. The van der Waals surface area contributed by atoms with Crippen LogP contribution in [0.1, 0.15) is 28.8 Å². The van der Waals surface area contributed by atoms with E-state index in [0.29, 0.717) is 36.8 Å². The molecule has 2 bridgehead atoms. The Bertz CT molecular complexity index is 625. The summed E-state index contributed by atoms with van der Waals surface area (Å²) in [6, 6.07) is 6.82. The van der Waals surface area contributed by atoms with Gasteiger partial charge in [-0.1, -0.05) is 30.4 Å². The molecule has 3 rings (SSSR count). The van der Waals surface area contributed by atoms with Crippen molar-refractivity contribution in [1.29, 1.82) is 0 Å². The van der Waals surface area contributed by atoms with Gasteiger partial charge in [0.1, 0.15) is 0 Å². The number of rotatable bonds is 6. The van der Waals surface area contributed by atoms with Crippen LogP contribution in [-0.2, 0) is 16.0 Å². The monoisotopic (exact) mass is 315 g/mol. The standard InChI is InChI=1S/C18H21NO4/c20-17(8-6-12-3-1-2-4-16(12)18(21)22)19-10-13-5-7-15-9-14(13)11-23-15/h1-5,7,13-15H,6,8-11H2,(H,19,20)(H,21,22)/t13-,14+,15-/m0/s1. The number of hydrogen-bond donors (Lipinski definition) is 2. The number of carboxylic acids is 1. The first-order valence-corrected chi connectivity index (χ1v) is 8.01. The number of carboxylic acid groups (broad SMARTS) is 1. The molecule has 1 aromatic rings. The van der Waals surface area contributed by atoms with Crippen molar-refractivity contribution in [3.8, 4) is 0 Å². The van der Waals surface area contributed by atoms with Gasteiger partial charge in [0.2, 0.25) is 5.91 Å². The largest absolute Gasteiger partial charge is 0.478 e. The molecule has 1 saturated heterocycles. The fourth-order valence-corrected chi connectivity index (χ4v) is 3.29. The lowest BCUT2D eigenvalue weighted by molar-refractivity contribution is -0.121. The molecule has 1 heterocycles. The van der Waals surface area contributed by atoms with Gasteiger partial charge in [-0.2, -0.15) is 0 Å². The minimum atomic E-state index is -0.955. The summed E-state index contributed by atoms with van der Waals surface area (Å²) in [6.07, 6.45) is 6.27. The molecule has 0 spiro atoms. The molecule has 3 atom stereocenters. The number of amides is 1. The van der Waals surface area contributed by atoms with Crippen LogP contribution in [-0.4, -0.2) is 36.2 Å². The topological polar surface area (TPSA) is 75.6 Å². The van der Waals surface area contributed by atoms with Gasteiger partial charge in [0.25, 0.3) is 0 Å². The van der Waals surface area contributed by atoms with Gasteiger partial charge in [0, 0.05) is 13.0 Å². The van der Waals surface area contributed by atoms with Gasteiger partial charge in [0.05, 0.1) is 18.3 Å². The molecule has 0 radical (unpaired) electrons. The van der Waals surface area contributed by atoms with E-state index in [-0.39, 0.29) is 17.6 Å². The second-order valence-corrected chi connectivity index (χ2v) is 6.18. The lowest BCUT2D eigenvalue weighted by Gasteiger charge is -2.22. The van der Waals surface area contributed by atoms with Crippen LogP contribution in [0, 0.1) is 11.8 Å². The van der Waals surface area contributed by atoms with E-state index in [0.717, 1.165) is 13.0 Å². The van der Waals surface area contributed by atoms with E-state index in [1.807, 2.05) is 0 Å². The first kappa shape index (κ1) is 15.7. The average Bonchev–Trinajstić information content (AvgIpc) is 2.94. The van der Waals surface area contributed by atoms with Crippen LogP contribution in [0.5, 0.6) is 0 Å². The molecule has 0 saturated carbocycles. The number of ether oxygens (including phenoxy) is 1. The summed E-state index contributed by atoms with van der Waals surface area (Å²) >= 11 is 0. The van der Waals surface area contributed by atoms with Gasteiger partial charge in [0.15, 0.2) is 0 Å². The zero-order valence-corrected chi connectivity index (χ0v) is 12.9. The molecule has 23 heavy (non-hydrogen) atoms. The summed E-state index contributed by atoms with van der Waals surface area (Å²) in [7, 11) is 0. The smallest absolute Gasteiger partial charge is 0.335 e. The fourth-order valence-electron chi connectivity index (χ4n) is 3.29. The first-order chi connectivity index (χ1) is 11.1. The van der Waals surface area contributed by atoms with Gasteiger partial charge >= 0.3 is 5.97 Å². The average molecular weight is 315 g/mol. The van der Waals surface area contributed by atoms with Crippen LogP contribution < -0.4 is 5.32 Å². The summed E-state index contributed by atoms with van der Waals surface area (Å²) in [4.78, 5) is 23.2. The minimum Gasteiger partial charge on any atom is -0.478 e. The van der Waals surface area contributed by atoms with Crippen molar-refractivity contribution in [3.05, 3.63) is 47.5 Å². The van der Waals surface area contributed by atoms with Gasteiger partial charge in [-0.25, -0.2) is 4.79 Å². The van der Waals surface area contributed by atoms with Gasteiger partial charge < -0.3 is 15.2 Å². The summed E-state index contributed by atoms with van der Waals surface area (Å²) in [6.45, 7) is 1.39. The second-order valence-electron chi connectivity index (χ2n) is 6.18. The number of hydrogen-bond acceptors (Lipinski definition) is 3. The van der Waals surface area contributed by atoms with Crippen molar-refractivity contribution in [2.75, 3.05) is 13.2 Å². The molecule has 2 aliphatic rings. The minimum absolute atomic E-state index is 0.0420. The highest BCUT2D eigenvalue weighted by Gasteiger charge is 2.32. The molecule has 1 fully saturated rings. The third-order valence-electron chi connectivity index (χ3n) is 4.64. The second kappa shape index (κ2) is 6.96. The zero-order chi connectivity index (χ0) is 16.2. The molecule has 1 aliphatic heterocycles. The molecular formula is C18H21NO4. The first-order valence-electron chi connectivity index (χ1n) is 8.01. The Balaban J connectivity index is 1.48. The molecule has 122 valence electrons. The van der Waals surface area contributed by atoms with E-state index in [1.54, 1.807) is 24.3 Å². The maximum Gasteiger partial charge on any atom is 0.335 e. The van der Waals surface area contributed by atoms with E-state index < -0.39 is 5.97 Å². The van der Waals surface area contributed by atoms with Crippen molar-refractivity contribution >= 4 is 11.9 Å². The van der Waals surface area contributed by atoms with E-state index in [9.17, 15) is 9.59 Å². The highest BCUT2D eigenvalue weighted by Crippen LogP contribution is 2.32. The number of aromatic carboxylic acids is 1. The van der Waals surface area contributed by atoms with Crippen LogP contribution >= 0.6 is 0 Å². The van der Waals surface area contributed by atoms with E-state index in [2.05, 4.69) is 17.5 Å². The van der Waals surface area contributed by atoms with Crippen LogP contribution in [0.15, 0.2) is 36.4 Å². The molecule has 0 unspecified atom stereocenters. The summed E-state index contributed by atoms with van der Waals surface area (Å²) in [5.74, 6) is -0.161. The number of carbonyl (C=O) groups is 2. The van der Waals surface area contributed by atoms with Crippen molar-refractivity contribution < 1.29 is 19.4 Å². The summed E-state index contributed by atoms with van der Waals surface area (Å²) < 4.78 is 5.60. The Labute approximate surface area is 135 Å². The van der Waals surface area contributed by atoms with Gasteiger partial charge in [-0.05, 0) is 36.3 Å². The lowest BCUT2D eigenvalue weighted by atomic mass is 9.85. The Morgan fingerprint density at radius 2 is 2.09 bits per heavy atom. The third-order valence-corrected chi connectivity index (χ3v) is 4.64. The van der Waals surface area contributed by atoms with Gasteiger partial charge in [-0.3, -0.25) is 4.79 Å². The van der Waals surface area contributed by atoms with E-state index in [1.165, 1.54) is 0 Å². The maximum atomic E-state index is 12.0. The van der Waals surface area contributed by atoms with Crippen LogP contribution in [0.25, 0.3) is 0 Å². The Morgan fingerprint density at radius 1 is 1.26 bits per heavy atom. The molecule has 1 amide bonds. The molecule has 0 aromatic heterocycles. The molecule has 2 N–H and O–H groups in total. The van der Waals surface area contributed by atoms with Crippen molar-refractivity contribution in [2.45, 2.75) is 25.4 Å². The zero-order valence-electron chi connectivity index (χ0n) is 12.9. The van der Waals surface area contributed by atoms with Gasteiger partial charge in [-0.15, -0.1) is 0 Å². The van der Waals surface area contributed by atoms with Crippen LogP contribution in [0.4, 0.5) is 0 Å². The molecule has 5 heteroatoms. The number of carbonyl (C=O) groups excluding carboxylic acids is 1. The highest BCUT2D eigenvalue weighted by molar-refractivity contribution is 5.89. The van der Waals surface area contributed by atoms with E-state index >= 15 is 0 Å². The molecular weight excluding hydrogens is 294 g/mol. The fraction of sp³-hybridized carbons (Fsp3) is 0.444. The summed E-state index contributed by atoms with van der Waals surface area (Å²) in [5.41, 5.74) is 0.962. The normalized spacial score (nSPS) is 25.3. The lowest BCUT2D eigenvalue weighted by Crippen LogP contribution is -2.33. The van der Waals surface area contributed by atoms with Crippen molar-refractivity contribution in [2.24, 2.45) is 11.8 Å².